The van der Waals surface area contributed by atoms with E-state index in [4.69, 9.17) is 9.05 Å². The van der Waals surface area contributed by atoms with Crippen LogP contribution in [0, 0.1) is 0 Å². The number of unbranched alkanes of at least 4 members (excludes halogenated alkanes) is 13. The second kappa shape index (κ2) is 25.5. The fourth-order valence-electron chi connectivity index (χ4n) is 4.22. The first-order valence-electron chi connectivity index (χ1n) is 16.2. The first-order valence-corrected chi connectivity index (χ1v) is 17.7. The van der Waals surface area contributed by atoms with Gasteiger partial charge in [-0.2, -0.15) is 0 Å². The fraction of sp³-hybridized carbons (Fsp3) is 0.844. The molecule has 0 aliphatic carbocycles. The number of carbonyl (C=O) groups is 1. The third kappa shape index (κ3) is 27.6. The molecule has 9 heteroatoms. The van der Waals surface area contributed by atoms with Gasteiger partial charge in [0.15, 0.2) is 0 Å². The maximum absolute atomic E-state index is 12.4. The molecule has 0 fully saturated rings. The highest BCUT2D eigenvalue weighted by Crippen LogP contribution is 2.38. The van der Waals surface area contributed by atoms with Gasteiger partial charge in [-0.3, -0.25) is 9.36 Å². The van der Waals surface area contributed by atoms with Gasteiger partial charge in [0.1, 0.15) is 13.2 Å². The van der Waals surface area contributed by atoms with E-state index in [-0.39, 0.29) is 12.5 Å². The van der Waals surface area contributed by atoms with E-state index in [1.165, 1.54) is 64.2 Å². The first kappa shape index (κ1) is 40.0. The van der Waals surface area contributed by atoms with Crippen molar-refractivity contribution in [1.29, 1.82) is 0 Å². The highest BCUT2D eigenvalue weighted by Gasteiger charge is 2.23. The van der Waals surface area contributed by atoms with Crippen LogP contribution in [0.1, 0.15) is 123 Å². The van der Waals surface area contributed by atoms with Gasteiger partial charge < -0.3 is 28.8 Å². The van der Waals surface area contributed by atoms with Crippen LogP contribution in [0.25, 0.3) is 0 Å². The number of hydrogen-bond donors (Lipinski definition) is 2. The number of aliphatic hydroxyl groups excluding tert-OH is 1. The fourth-order valence-corrected chi connectivity index (χ4v) is 4.95. The molecule has 2 N–H and O–H groups in total. The molecule has 0 saturated heterocycles. The number of aliphatic hydroxyl groups is 1. The van der Waals surface area contributed by atoms with Gasteiger partial charge >= 0.3 is 0 Å². The van der Waals surface area contributed by atoms with Crippen LogP contribution in [0.15, 0.2) is 24.3 Å². The van der Waals surface area contributed by atoms with Crippen LogP contribution in [0.5, 0.6) is 0 Å². The second-order valence-electron chi connectivity index (χ2n) is 12.2. The summed E-state index contributed by atoms with van der Waals surface area (Å²) in [6, 6.07) is -0.892. The highest BCUT2D eigenvalue weighted by molar-refractivity contribution is 7.45. The maximum Gasteiger partial charge on any atom is 0.268 e. The molecule has 0 aliphatic heterocycles. The Hall–Kier alpha value is -1.02. The van der Waals surface area contributed by atoms with Crippen molar-refractivity contribution in [2.24, 2.45) is 0 Å². The number of hydrogen-bond acceptors (Lipinski definition) is 6. The molecular weight excluding hydrogens is 539 g/mol. The van der Waals surface area contributed by atoms with Crippen LogP contribution in [0.2, 0.25) is 0 Å². The number of phosphoric ester groups is 1. The lowest BCUT2D eigenvalue weighted by molar-refractivity contribution is -0.870. The summed E-state index contributed by atoms with van der Waals surface area (Å²) < 4.78 is 22.8. The van der Waals surface area contributed by atoms with Crippen LogP contribution in [0.4, 0.5) is 0 Å². The predicted molar refractivity (Wildman–Crippen MR) is 168 cm³/mol. The summed E-state index contributed by atoms with van der Waals surface area (Å²) in [5, 5.41) is 13.4. The zero-order valence-electron chi connectivity index (χ0n) is 27.0. The normalized spacial score (nSPS) is 15.4. The molecule has 3 atom stereocenters. The largest absolute Gasteiger partial charge is 0.756 e. The molecule has 242 valence electrons. The maximum atomic E-state index is 12.4. The third-order valence-corrected chi connectivity index (χ3v) is 7.88. The van der Waals surface area contributed by atoms with E-state index in [1.807, 2.05) is 27.2 Å². The molecule has 0 aromatic rings. The molecule has 0 aliphatic rings. The summed E-state index contributed by atoms with van der Waals surface area (Å²) in [7, 11) is 1.23. The van der Waals surface area contributed by atoms with Gasteiger partial charge in [0.05, 0.1) is 39.9 Å². The Balaban J connectivity index is 4.44. The number of carbonyl (C=O) groups excluding carboxylic acids is 1. The van der Waals surface area contributed by atoms with Gasteiger partial charge in [-0.15, -0.1) is 0 Å². The van der Waals surface area contributed by atoms with Crippen molar-refractivity contribution in [1.82, 2.24) is 5.32 Å². The number of phosphoric acid groups is 1. The number of quaternary nitrogens is 1. The van der Waals surface area contributed by atoms with Crippen molar-refractivity contribution in [2.45, 2.75) is 135 Å². The molecule has 0 heterocycles. The van der Waals surface area contributed by atoms with Gasteiger partial charge in [-0.1, -0.05) is 109 Å². The van der Waals surface area contributed by atoms with Gasteiger partial charge in [0, 0.05) is 6.42 Å². The lowest BCUT2D eigenvalue weighted by Crippen LogP contribution is -2.45. The monoisotopic (exact) mass is 602 g/mol. The Kier molecular flexibility index (Phi) is 24.8. The zero-order valence-corrected chi connectivity index (χ0v) is 27.9. The van der Waals surface area contributed by atoms with Gasteiger partial charge in [-0.05, 0) is 32.1 Å². The molecule has 0 aromatic heterocycles. The van der Waals surface area contributed by atoms with Crippen LogP contribution in [0.3, 0.4) is 0 Å². The molecule has 41 heavy (non-hydrogen) atoms. The average Bonchev–Trinajstić information content (AvgIpc) is 2.90. The lowest BCUT2D eigenvalue weighted by Gasteiger charge is -2.29. The smallest absolute Gasteiger partial charge is 0.268 e. The van der Waals surface area contributed by atoms with Crippen molar-refractivity contribution >= 4 is 13.7 Å². The SMILES string of the molecule is CCCCCCCCCCCC/C=C/CC/C=C/C(O)C(COP(=O)([O-])OCC[N+](C)(C)C)NC(=O)CCCCC. The second-order valence-corrected chi connectivity index (χ2v) is 13.6. The van der Waals surface area contributed by atoms with Crippen molar-refractivity contribution in [3.05, 3.63) is 24.3 Å². The van der Waals surface area contributed by atoms with Crippen LogP contribution in [-0.2, 0) is 18.4 Å². The quantitative estimate of drug-likeness (QED) is 0.0440. The van der Waals surface area contributed by atoms with Gasteiger partial charge in [0.25, 0.3) is 7.82 Å². The summed E-state index contributed by atoms with van der Waals surface area (Å²) in [4.78, 5) is 24.6. The van der Waals surface area contributed by atoms with Crippen LogP contribution < -0.4 is 10.2 Å². The van der Waals surface area contributed by atoms with E-state index < -0.39 is 26.6 Å². The molecule has 0 spiro atoms. The topological polar surface area (TPSA) is 108 Å². The summed E-state index contributed by atoms with van der Waals surface area (Å²) >= 11 is 0. The standard InChI is InChI=1S/C32H63N2O6P/c1-6-8-10-11-12-13-14-15-16-17-18-19-20-21-22-24-25-31(35)30(33-32(36)26-23-9-7-2)29-40-41(37,38)39-28-27-34(3,4)5/h19-20,24-25,30-31,35H,6-18,21-23,26-29H2,1-5H3,(H-,33,36,37,38)/b20-19+,25-24+. The van der Waals surface area contributed by atoms with E-state index in [0.717, 1.165) is 38.5 Å². The Bertz CT molecular complexity index is 738. The van der Waals surface area contributed by atoms with E-state index in [1.54, 1.807) is 6.08 Å². The summed E-state index contributed by atoms with van der Waals surface area (Å²) in [5.41, 5.74) is 0. The first-order chi connectivity index (χ1) is 19.5. The van der Waals surface area contributed by atoms with Crippen molar-refractivity contribution in [2.75, 3.05) is 40.9 Å². The molecule has 8 nitrogen and oxygen atoms in total. The van der Waals surface area contributed by atoms with E-state index in [9.17, 15) is 19.4 Å². The molecule has 0 aromatic carbocycles. The van der Waals surface area contributed by atoms with Crippen molar-refractivity contribution in [3.8, 4) is 0 Å². The minimum atomic E-state index is -4.56. The number of amides is 1. The minimum Gasteiger partial charge on any atom is -0.756 e. The average molecular weight is 603 g/mol. The minimum absolute atomic E-state index is 0.00646. The summed E-state index contributed by atoms with van der Waals surface area (Å²) in [6.07, 6.45) is 25.9. The molecule has 0 radical (unpaired) electrons. The van der Waals surface area contributed by atoms with Crippen molar-refractivity contribution < 1.29 is 32.9 Å². The molecule has 1 amide bonds. The predicted octanol–water partition coefficient (Wildman–Crippen LogP) is 6.82. The Morgan fingerprint density at radius 2 is 1.37 bits per heavy atom. The number of rotatable bonds is 28. The van der Waals surface area contributed by atoms with E-state index in [0.29, 0.717) is 17.4 Å². The number of nitrogens with zero attached hydrogens (tertiary/aromatic N) is 1. The molecule has 0 saturated carbocycles. The molecule has 0 rings (SSSR count). The molecule has 3 unspecified atom stereocenters. The molecule has 0 bridgehead atoms. The Morgan fingerprint density at radius 1 is 0.829 bits per heavy atom. The number of nitrogens with one attached hydrogen (secondary N) is 1. The van der Waals surface area contributed by atoms with E-state index >= 15 is 0 Å². The van der Waals surface area contributed by atoms with Gasteiger partial charge in [-0.25, -0.2) is 0 Å². The van der Waals surface area contributed by atoms with Crippen LogP contribution in [-0.4, -0.2) is 68.5 Å². The van der Waals surface area contributed by atoms with Gasteiger partial charge in [0.2, 0.25) is 5.91 Å². The van der Waals surface area contributed by atoms with E-state index in [2.05, 4.69) is 31.3 Å². The summed E-state index contributed by atoms with van der Waals surface area (Å²) in [5.74, 6) is -0.235. The lowest BCUT2D eigenvalue weighted by atomic mass is 10.1. The Labute approximate surface area is 252 Å². The number of allylic oxidation sites excluding steroid dienone is 3. The number of likely N-dealkylation sites (N-methyl/N-ethyl adjacent to an activating group) is 1. The van der Waals surface area contributed by atoms with Crippen molar-refractivity contribution in [3.63, 3.8) is 0 Å². The third-order valence-electron chi connectivity index (χ3n) is 6.91. The van der Waals surface area contributed by atoms with Crippen LogP contribution >= 0.6 is 7.82 Å². The molecular formula is C32H63N2O6P. The Morgan fingerprint density at radius 3 is 1.98 bits per heavy atom. The zero-order chi connectivity index (χ0) is 30.8. The highest BCUT2D eigenvalue weighted by atomic mass is 31.2. The summed E-state index contributed by atoms with van der Waals surface area (Å²) in [6.45, 7) is 4.40.